The fraction of sp³-hybridized carbons (Fsp3) is 0.286. The van der Waals surface area contributed by atoms with E-state index in [2.05, 4.69) is 30.0 Å². The molecule has 0 aliphatic rings. The summed E-state index contributed by atoms with van der Waals surface area (Å²) in [5.41, 5.74) is 1.87. The molecule has 1 aromatic carbocycles. The molecule has 0 radical (unpaired) electrons. The average Bonchev–Trinajstić information content (AvgIpc) is 3.38. The summed E-state index contributed by atoms with van der Waals surface area (Å²) < 4.78 is 35.4. The van der Waals surface area contributed by atoms with E-state index in [0.717, 1.165) is 11.4 Å². The van der Waals surface area contributed by atoms with Crippen LogP contribution in [0.3, 0.4) is 0 Å². The number of hydrogen-bond donors (Lipinski definition) is 1. The largest absolute Gasteiger partial charge is 0.298 e. The number of halogens is 2. The van der Waals surface area contributed by atoms with Gasteiger partial charge in [0.25, 0.3) is 0 Å². The summed E-state index contributed by atoms with van der Waals surface area (Å²) in [5, 5.41) is 12.7. The van der Waals surface area contributed by atoms with Gasteiger partial charge in [-0.15, -0.1) is 10.2 Å². The van der Waals surface area contributed by atoms with E-state index in [1.807, 2.05) is 20.8 Å². The second kappa shape index (κ2) is 9.03. The van der Waals surface area contributed by atoms with Crippen molar-refractivity contribution in [3.63, 3.8) is 0 Å². The van der Waals surface area contributed by atoms with Crippen molar-refractivity contribution in [3.8, 4) is 17.2 Å². The van der Waals surface area contributed by atoms with E-state index in [0.29, 0.717) is 5.69 Å². The second-order valence-corrected chi connectivity index (χ2v) is 8.61. The van der Waals surface area contributed by atoms with Crippen LogP contribution in [0.2, 0.25) is 0 Å². The number of hydrogen-bond acceptors (Lipinski definition) is 7. The maximum absolute atomic E-state index is 14.7. The van der Waals surface area contributed by atoms with E-state index >= 15 is 0 Å². The lowest BCUT2D eigenvalue weighted by atomic mass is 10.1. The summed E-state index contributed by atoms with van der Waals surface area (Å²) in [4.78, 5) is 8.74. The average molecular weight is 457 g/mol. The molecule has 3 heterocycles. The fourth-order valence-electron chi connectivity index (χ4n) is 3.09. The molecule has 8 nitrogen and oxygen atoms in total. The lowest BCUT2D eigenvalue weighted by molar-refractivity contribution is 0.570. The highest BCUT2D eigenvalue weighted by Gasteiger charge is 2.24. The van der Waals surface area contributed by atoms with Crippen molar-refractivity contribution >= 4 is 17.9 Å². The highest BCUT2D eigenvalue weighted by molar-refractivity contribution is 8.01. The van der Waals surface area contributed by atoms with E-state index in [1.54, 1.807) is 36.4 Å². The molecule has 0 spiro atoms. The first-order chi connectivity index (χ1) is 15.3. The smallest absolute Gasteiger partial charge is 0.239 e. The molecule has 4 rings (SSSR count). The van der Waals surface area contributed by atoms with Crippen LogP contribution in [0.1, 0.15) is 31.2 Å². The monoisotopic (exact) mass is 456 g/mol. The number of nitrogens with zero attached hydrogens (tertiary/aromatic N) is 7. The van der Waals surface area contributed by atoms with Crippen LogP contribution in [0.4, 0.5) is 14.7 Å². The molecule has 0 aliphatic carbocycles. The predicted octanol–water partition coefficient (Wildman–Crippen LogP) is 4.30. The zero-order chi connectivity index (χ0) is 22.8. The Morgan fingerprint density at radius 1 is 1.03 bits per heavy atom. The molecule has 4 aromatic rings. The summed E-state index contributed by atoms with van der Waals surface area (Å²) in [7, 11) is 1.75. The molecule has 3 aromatic heterocycles. The highest BCUT2D eigenvalue weighted by Crippen LogP contribution is 2.32. The number of aryl methyl sites for hydroxylation is 2. The van der Waals surface area contributed by atoms with Gasteiger partial charge in [0, 0.05) is 36.8 Å². The summed E-state index contributed by atoms with van der Waals surface area (Å²) in [5.74, 6) is -0.980. The van der Waals surface area contributed by atoms with Gasteiger partial charge in [-0.1, -0.05) is 19.9 Å². The minimum atomic E-state index is -0.730. The highest BCUT2D eigenvalue weighted by atomic mass is 32.2. The van der Waals surface area contributed by atoms with Gasteiger partial charge in [-0.25, -0.2) is 8.78 Å². The minimum absolute atomic E-state index is 0.0425. The molecule has 11 heteroatoms. The van der Waals surface area contributed by atoms with Crippen molar-refractivity contribution in [2.24, 2.45) is 7.05 Å². The second-order valence-electron chi connectivity index (χ2n) is 7.42. The fourth-order valence-corrected chi connectivity index (χ4v) is 3.86. The number of benzene rings is 1. The maximum atomic E-state index is 14.7. The molecule has 1 N–H and O–H groups in total. The quantitative estimate of drug-likeness (QED) is 0.415. The van der Waals surface area contributed by atoms with Gasteiger partial charge in [0.05, 0.1) is 11.4 Å². The van der Waals surface area contributed by atoms with Crippen LogP contribution in [0.5, 0.6) is 0 Å². The molecule has 166 valence electrons. The van der Waals surface area contributed by atoms with Gasteiger partial charge in [-0.3, -0.25) is 23.9 Å². The Morgan fingerprint density at radius 3 is 2.41 bits per heavy atom. The zero-order valence-electron chi connectivity index (χ0n) is 18.0. The van der Waals surface area contributed by atoms with E-state index in [1.165, 1.54) is 34.7 Å². The van der Waals surface area contributed by atoms with Crippen LogP contribution in [0.15, 0.2) is 42.9 Å². The van der Waals surface area contributed by atoms with Gasteiger partial charge < -0.3 is 0 Å². The number of aromatic nitrogens is 7. The van der Waals surface area contributed by atoms with Crippen LogP contribution >= 0.6 is 11.9 Å². The number of rotatable bonds is 7. The van der Waals surface area contributed by atoms with Gasteiger partial charge in [-0.05, 0) is 37.1 Å². The molecule has 0 fully saturated rings. The van der Waals surface area contributed by atoms with Crippen LogP contribution in [0.25, 0.3) is 17.2 Å². The Kier molecular flexibility index (Phi) is 6.17. The number of anilines is 1. The van der Waals surface area contributed by atoms with Crippen molar-refractivity contribution in [1.29, 1.82) is 0 Å². The van der Waals surface area contributed by atoms with E-state index in [-0.39, 0.29) is 28.6 Å². The Bertz CT molecular complexity index is 1200. The van der Waals surface area contributed by atoms with Crippen molar-refractivity contribution in [3.05, 3.63) is 65.9 Å². The van der Waals surface area contributed by atoms with Gasteiger partial charge in [0.15, 0.2) is 5.82 Å². The third-order valence-electron chi connectivity index (χ3n) is 5.07. The Hall–Kier alpha value is -3.34. The Balaban J connectivity index is 1.65. The van der Waals surface area contributed by atoms with Crippen molar-refractivity contribution in [1.82, 2.24) is 34.5 Å². The molecular formula is C21H22F2N8S. The third kappa shape index (κ3) is 4.33. The standard InChI is InChI=1S/C21H22F2N8S/c1-12-10-25-18(11-24-12)13(2)14(3)32-29-21-27-26-20(17-8-9-30(4)28-17)31(21)19-15(22)6-5-7-16(19)23/h5-11,13-14H,1-4H3,(H,27,29). The molecular weight excluding hydrogens is 434 g/mol. The molecule has 2 unspecified atom stereocenters. The maximum Gasteiger partial charge on any atom is 0.239 e. The molecule has 0 bridgehead atoms. The van der Waals surface area contributed by atoms with Crippen LogP contribution in [-0.4, -0.2) is 39.8 Å². The molecule has 32 heavy (non-hydrogen) atoms. The van der Waals surface area contributed by atoms with E-state index in [9.17, 15) is 8.78 Å². The summed E-state index contributed by atoms with van der Waals surface area (Å²) in [6, 6.07) is 5.40. The van der Waals surface area contributed by atoms with Crippen LogP contribution < -0.4 is 4.72 Å². The van der Waals surface area contributed by atoms with E-state index < -0.39 is 11.6 Å². The minimum Gasteiger partial charge on any atom is -0.298 e. The van der Waals surface area contributed by atoms with Crippen molar-refractivity contribution < 1.29 is 8.78 Å². The van der Waals surface area contributed by atoms with Gasteiger partial charge in [0.2, 0.25) is 5.95 Å². The molecule has 0 aliphatic heterocycles. The van der Waals surface area contributed by atoms with Crippen LogP contribution in [0, 0.1) is 18.6 Å². The normalized spacial score (nSPS) is 13.2. The molecule has 2 atom stereocenters. The zero-order valence-corrected chi connectivity index (χ0v) is 18.8. The Morgan fingerprint density at radius 2 is 1.78 bits per heavy atom. The number of nitrogens with one attached hydrogen (secondary N) is 1. The first-order valence-electron chi connectivity index (χ1n) is 9.95. The van der Waals surface area contributed by atoms with Gasteiger partial charge in [0.1, 0.15) is 23.0 Å². The number of para-hydroxylation sites is 1. The van der Waals surface area contributed by atoms with Gasteiger partial charge in [-0.2, -0.15) is 5.10 Å². The lowest BCUT2D eigenvalue weighted by Crippen LogP contribution is -2.14. The first-order valence-corrected chi connectivity index (χ1v) is 10.8. The topological polar surface area (TPSA) is 86.3 Å². The summed E-state index contributed by atoms with van der Waals surface area (Å²) >= 11 is 1.36. The van der Waals surface area contributed by atoms with Crippen molar-refractivity contribution in [2.75, 3.05) is 4.72 Å². The predicted molar refractivity (Wildman–Crippen MR) is 119 cm³/mol. The molecule has 0 saturated heterocycles. The van der Waals surface area contributed by atoms with Gasteiger partial charge >= 0.3 is 0 Å². The summed E-state index contributed by atoms with van der Waals surface area (Å²) in [6.07, 6.45) is 5.21. The molecule has 0 amide bonds. The van der Waals surface area contributed by atoms with Crippen molar-refractivity contribution in [2.45, 2.75) is 31.9 Å². The summed E-state index contributed by atoms with van der Waals surface area (Å²) in [6.45, 7) is 5.95. The Labute approximate surface area is 188 Å². The lowest BCUT2D eigenvalue weighted by Gasteiger charge is -2.19. The molecule has 0 saturated carbocycles. The van der Waals surface area contributed by atoms with Crippen LogP contribution in [-0.2, 0) is 7.05 Å². The third-order valence-corrected chi connectivity index (χ3v) is 6.16. The SMILES string of the molecule is Cc1cnc(C(C)C(C)SNc2nnc(-c3ccn(C)n3)n2-c2c(F)cccc2F)cn1. The first kappa shape index (κ1) is 21.9. The van der Waals surface area contributed by atoms with E-state index in [4.69, 9.17) is 0 Å².